The van der Waals surface area contributed by atoms with E-state index in [4.69, 9.17) is 16.7 Å². The standard InChI is InChI=1S/C12H8ClFN4O2S2/c13-8-5-7(1-2-9(8)14)18-6-10(16-17-18)11-3-4-12(21-11)22(15,19)20/h1-6H,(H2,15,19,20). The highest BCUT2D eigenvalue weighted by Gasteiger charge is 2.14. The molecule has 0 fully saturated rings. The Balaban J connectivity index is 1.97. The third-order valence-electron chi connectivity index (χ3n) is 2.78. The van der Waals surface area contributed by atoms with Crippen LogP contribution in [0.25, 0.3) is 16.3 Å². The number of nitrogens with zero attached hydrogens (tertiary/aromatic N) is 3. The predicted molar refractivity (Wildman–Crippen MR) is 81.0 cm³/mol. The fraction of sp³-hybridized carbons (Fsp3) is 0. The van der Waals surface area contributed by atoms with E-state index in [1.807, 2.05) is 0 Å². The zero-order chi connectivity index (χ0) is 15.9. The predicted octanol–water partition coefficient (Wildman–Crippen LogP) is 2.44. The summed E-state index contributed by atoms with van der Waals surface area (Å²) in [4.78, 5) is 0.600. The van der Waals surface area contributed by atoms with Crippen LogP contribution in [-0.4, -0.2) is 23.4 Å². The van der Waals surface area contributed by atoms with Crippen LogP contribution in [-0.2, 0) is 10.0 Å². The summed E-state index contributed by atoms with van der Waals surface area (Å²) in [6, 6.07) is 7.15. The van der Waals surface area contributed by atoms with Crippen molar-refractivity contribution in [1.82, 2.24) is 15.0 Å². The van der Waals surface area contributed by atoms with E-state index >= 15 is 0 Å². The first-order chi connectivity index (χ1) is 10.3. The number of sulfonamides is 1. The van der Waals surface area contributed by atoms with E-state index in [1.54, 1.807) is 12.3 Å². The summed E-state index contributed by atoms with van der Waals surface area (Å²) in [5.41, 5.74) is 1.01. The van der Waals surface area contributed by atoms with Crippen LogP contribution >= 0.6 is 22.9 Å². The summed E-state index contributed by atoms with van der Waals surface area (Å²) in [6.07, 6.45) is 1.59. The molecule has 0 saturated carbocycles. The van der Waals surface area contributed by atoms with Crippen LogP contribution < -0.4 is 5.14 Å². The average Bonchev–Trinajstić information content (AvgIpc) is 3.08. The lowest BCUT2D eigenvalue weighted by atomic mass is 10.3. The van der Waals surface area contributed by atoms with Gasteiger partial charge in [-0.05, 0) is 30.3 Å². The summed E-state index contributed by atoms with van der Waals surface area (Å²) in [6.45, 7) is 0. The van der Waals surface area contributed by atoms with Crippen molar-refractivity contribution in [3.63, 3.8) is 0 Å². The highest BCUT2D eigenvalue weighted by molar-refractivity contribution is 7.91. The molecule has 0 aliphatic carbocycles. The number of nitrogens with two attached hydrogens (primary N) is 1. The molecule has 114 valence electrons. The first-order valence-electron chi connectivity index (χ1n) is 5.85. The van der Waals surface area contributed by atoms with Gasteiger partial charge in [0.25, 0.3) is 0 Å². The Bertz CT molecular complexity index is 952. The molecule has 0 unspecified atom stereocenters. The van der Waals surface area contributed by atoms with Gasteiger partial charge in [-0.2, -0.15) is 0 Å². The Hall–Kier alpha value is -1.81. The smallest absolute Gasteiger partial charge is 0.224 e. The van der Waals surface area contributed by atoms with E-state index in [-0.39, 0.29) is 9.23 Å². The van der Waals surface area contributed by atoms with Crippen molar-refractivity contribution in [3.8, 4) is 16.3 Å². The number of halogens is 2. The highest BCUT2D eigenvalue weighted by Crippen LogP contribution is 2.29. The average molecular weight is 359 g/mol. The number of rotatable bonds is 3. The molecule has 2 N–H and O–H groups in total. The first kappa shape index (κ1) is 15.1. The van der Waals surface area contributed by atoms with E-state index in [0.717, 1.165) is 11.3 Å². The quantitative estimate of drug-likeness (QED) is 0.778. The Morgan fingerprint density at radius 2 is 2.05 bits per heavy atom. The van der Waals surface area contributed by atoms with Crippen LogP contribution in [0.3, 0.4) is 0 Å². The Morgan fingerprint density at radius 1 is 1.27 bits per heavy atom. The van der Waals surface area contributed by atoms with E-state index < -0.39 is 15.8 Å². The molecule has 2 aromatic heterocycles. The van der Waals surface area contributed by atoms with Crippen LogP contribution in [0.1, 0.15) is 0 Å². The summed E-state index contributed by atoms with van der Waals surface area (Å²) in [7, 11) is -3.74. The van der Waals surface area contributed by atoms with Gasteiger partial charge in [-0.1, -0.05) is 16.8 Å². The molecule has 3 aromatic rings. The lowest BCUT2D eigenvalue weighted by molar-refractivity contribution is 0.600. The molecule has 0 bridgehead atoms. The third-order valence-corrected chi connectivity index (χ3v) is 5.61. The zero-order valence-corrected chi connectivity index (χ0v) is 13.2. The molecule has 0 amide bonds. The van der Waals surface area contributed by atoms with Crippen molar-refractivity contribution < 1.29 is 12.8 Å². The zero-order valence-electron chi connectivity index (χ0n) is 10.8. The van der Waals surface area contributed by atoms with Crippen LogP contribution in [0.15, 0.2) is 40.7 Å². The lowest BCUT2D eigenvalue weighted by Gasteiger charge is -2.00. The summed E-state index contributed by atoms with van der Waals surface area (Å²) >= 11 is 6.72. The monoisotopic (exact) mass is 358 g/mol. The van der Waals surface area contributed by atoms with Gasteiger partial charge < -0.3 is 0 Å². The van der Waals surface area contributed by atoms with Gasteiger partial charge >= 0.3 is 0 Å². The van der Waals surface area contributed by atoms with Crippen LogP contribution in [0.5, 0.6) is 0 Å². The molecular formula is C12H8ClFN4O2S2. The van der Waals surface area contributed by atoms with E-state index in [1.165, 1.54) is 28.9 Å². The lowest BCUT2D eigenvalue weighted by Crippen LogP contribution is -2.09. The fourth-order valence-corrected chi connectivity index (χ4v) is 3.59. The van der Waals surface area contributed by atoms with Gasteiger partial charge in [0, 0.05) is 0 Å². The molecule has 2 heterocycles. The number of hydrogen-bond acceptors (Lipinski definition) is 5. The van der Waals surface area contributed by atoms with Gasteiger partial charge in [0.1, 0.15) is 15.7 Å². The highest BCUT2D eigenvalue weighted by atomic mass is 35.5. The number of benzene rings is 1. The molecule has 1 aromatic carbocycles. The van der Waals surface area contributed by atoms with E-state index in [2.05, 4.69) is 10.3 Å². The maximum absolute atomic E-state index is 13.2. The van der Waals surface area contributed by atoms with Crippen molar-refractivity contribution in [2.24, 2.45) is 5.14 Å². The third kappa shape index (κ3) is 2.88. The second kappa shape index (κ2) is 5.43. The second-order valence-electron chi connectivity index (χ2n) is 4.31. The minimum Gasteiger partial charge on any atom is -0.224 e. The topological polar surface area (TPSA) is 90.9 Å². The molecule has 0 aliphatic heterocycles. The van der Waals surface area contributed by atoms with Crippen molar-refractivity contribution in [2.75, 3.05) is 0 Å². The largest absolute Gasteiger partial charge is 0.247 e. The second-order valence-corrected chi connectivity index (χ2v) is 7.59. The van der Waals surface area contributed by atoms with Gasteiger partial charge in [0.05, 0.1) is 21.8 Å². The molecular weight excluding hydrogens is 351 g/mol. The van der Waals surface area contributed by atoms with Crippen molar-refractivity contribution >= 4 is 33.0 Å². The van der Waals surface area contributed by atoms with Gasteiger partial charge in [-0.25, -0.2) is 22.6 Å². The number of hydrogen-bond donors (Lipinski definition) is 1. The normalized spacial score (nSPS) is 11.8. The SMILES string of the molecule is NS(=O)(=O)c1ccc(-c2cn(-c3ccc(F)c(Cl)c3)nn2)s1. The number of primary sulfonamides is 1. The first-order valence-corrected chi connectivity index (χ1v) is 8.59. The van der Waals surface area contributed by atoms with Crippen molar-refractivity contribution in [1.29, 1.82) is 0 Å². The molecule has 0 aliphatic rings. The van der Waals surface area contributed by atoms with E-state index in [0.29, 0.717) is 16.3 Å². The Morgan fingerprint density at radius 3 is 2.68 bits per heavy atom. The maximum atomic E-state index is 13.2. The van der Waals surface area contributed by atoms with Crippen LogP contribution in [0, 0.1) is 5.82 Å². The van der Waals surface area contributed by atoms with Crippen LogP contribution in [0.2, 0.25) is 5.02 Å². The minimum absolute atomic E-state index is 0.0258. The Kier molecular flexibility index (Phi) is 3.73. The molecule has 6 nitrogen and oxygen atoms in total. The number of aromatic nitrogens is 3. The van der Waals surface area contributed by atoms with Gasteiger partial charge in [-0.3, -0.25) is 0 Å². The molecule has 3 rings (SSSR count). The fourth-order valence-electron chi connectivity index (χ4n) is 1.74. The minimum atomic E-state index is -3.74. The van der Waals surface area contributed by atoms with E-state index in [9.17, 15) is 12.8 Å². The Labute approximate surface area is 134 Å². The van der Waals surface area contributed by atoms with Gasteiger partial charge in [-0.15, -0.1) is 16.4 Å². The summed E-state index contributed by atoms with van der Waals surface area (Å²) < 4.78 is 37.2. The molecule has 0 radical (unpaired) electrons. The molecule has 0 spiro atoms. The molecule has 0 atom stereocenters. The van der Waals surface area contributed by atoms with Crippen LogP contribution in [0.4, 0.5) is 4.39 Å². The number of thiophene rings is 1. The molecule has 10 heteroatoms. The summed E-state index contributed by atoms with van der Waals surface area (Å²) in [5, 5.41) is 12.9. The van der Waals surface area contributed by atoms with Crippen molar-refractivity contribution in [3.05, 3.63) is 47.4 Å². The molecule has 0 saturated heterocycles. The maximum Gasteiger partial charge on any atom is 0.247 e. The summed E-state index contributed by atoms with van der Waals surface area (Å²) in [5.74, 6) is -0.526. The van der Waals surface area contributed by atoms with Gasteiger partial charge in [0.2, 0.25) is 10.0 Å². The van der Waals surface area contributed by atoms with Crippen molar-refractivity contribution in [2.45, 2.75) is 4.21 Å². The molecule has 22 heavy (non-hydrogen) atoms. The van der Waals surface area contributed by atoms with Gasteiger partial charge in [0.15, 0.2) is 0 Å².